The standard InChI is InChI=1S/C29H45Cl/c1-12-15-16-24(25(14-3)29(9,10)11)23-17-18-26(30)28(22(23)8)27(20(6)13-2)21(7)19(4)5/h13,17-19H,12,14-16H2,1-11H3/b20-13-,25-24+,27-21+. The molecule has 0 aromatic heterocycles. The van der Waals surface area contributed by atoms with Crippen LogP contribution in [0.3, 0.4) is 0 Å². The molecule has 0 N–H and O–H groups in total. The minimum Gasteiger partial charge on any atom is -0.0841 e. The summed E-state index contributed by atoms with van der Waals surface area (Å²) in [6.07, 6.45) is 6.85. The Morgan fingerprint density at radius 1 is 1.10 bits per heavy atom. The van der Waals surface area contributed by atoms with E-state index in [9.17, 15) is 0 Å². The maximum Gasteiger partial charge on any atom is 0.0487 e. The summed E-state index contributed by atoms with van der Waals surface area (Å²) in [5.41, 5.74) is 11.2. The quantitative estimate of drug-likeness (QED) is 0.361. The second kappa shape index (κ2) is 11.4. The molecule has 0 bridgehead atoms. The van der Waals surface area contributed by atoms with Crippen molar-refractivity contribution in [3.63, 3.8) is 0 Å². The maximum absolute atomic E-state index is 6.88. The van der Waals surface area contributed by atoms with Crippen LogP contribution in [0.25, 0.3) is 11.1 Å². The van der Waals surface area contributed by atoms with Crippen molar-refractivity contribution in [3.8, 4) is 0 Å². The molecule has 1 rings (SSSR count). The van der Waals surface area contributed by atoms with E-state index in [0.29, 0.717) is 5.92 Å². The van der Waals surface area contributed by atoms with Gasteiger partial charge in [0.2, 0.25) is 0 Å². The number of unbranched alkanes of at least 4 members (excludes halogenated alkanes) is 1. The van der Waals surface area contributed by atoms with Crippen molar-refractivity contribution in [2.24, 2.45) is 11.3 Å². The smallest absolute Gasteiger partial charge is 0.0487 e. The van der Waals surface area contributed by atoms with Gasteiger partial charge in [-0.25, -0.2) is 0 Å². The molecule has 0 aliphatic rings. The van der Waals surface area contributed by atoms with E-state index in [2.05, 4.69) is 94.4 Å². The highest BCUT2D eigenvalue weighted by Gasteiger charge is 2.24. The molecule has 1 aromatic rings. The van der Waals surface area contributed by atoms with Gasteiger partial charge in [0.05, 0.1) is 0 Å². The van der Waals surface area contributed by atoms with Crippen molar-refractivity contribution in [1.29, 1.82) is 0 Å². The SMILES string of the molecule is C/C=C(C)\C(=C(\C)C(C)C)c1c(Cl)ccc(/C(CCCC)=C(\CC)C(C)(C)C)c1C. The molecular weight excluding hydrogens is 384 g/mol. The first-order chi connectivity index (χ1) is 13.9. The van der Waals surface area contributed by atoms with Gasteiger partial charge in [0.25, 0.3) is 0 Å². The molecule has 0 unspecified atom stereocenters. The predicted octanol–water partition coefficient (Wildman–Crippen LogP) is 10.4. The summed E-state index contributed by atoms with van der Waals surface area (Å²) in [5.74, 6) is 0.477. The van der Waals surface area contributed by atoms with Gasteiger partial charge in [-0.15, -0.1) is 0 Å². The van der Waals surface area contributed by atoms with E-state index in [0.717, 1.165) is 17.9 Å². The van der Waals surface area contributed by atoms with Crippen LogP contribution in [0.15, 0.2) is 34.9 Å². The van der Waals surface area contributed by atoms with Gasteiger partial charge in [-0.2, -0.15) is 0 Å². The van der Waals surface area contributed by atoms with Gasteiger partial charge in [0, 0.05) is 10.6 Å². The lowest BCUT2D eigenvalue weighted by atomic mass is 9.77. The molecule has 0 radical (unpaired) electrons. The molecule has 30 heavy (non-hydrogen) atoms. The topological polar surface area (TPSA) is 0 Å². The average Bonchev–Trinajstić information content (AvgIpc) is 2.66. The van der Waals surface area contributed by atoms with Gasteiger partial charge >= 0.3 is 0 Å². The third kappa shape index (κ3) is 6.13. The molecule has 1 heteroatoms. The number of rotatable bonds is 8. The second-order valence-electron chi connectivity index (χ2n) is 9.94. The van der Waals surface area contributed by atoms with Crippen molar-refractivity contribution in [2.45, 2.75) is 102 Å². The highest BCUT2D eigenvalue weighted by Crippen LogP contribution is 2.43. The van der Waals surface area contributed by atoms with Crippen molar-refractivity contribution >= 4 is 22.7 Å². The lowest BCUT2D eigenvalue weighted by molar-refractivity contribution is 0.488. The molecule has 0 nitrogen and oxygen atoms in total. The van der Waals surface area contributed by atoms with E-state index in [1.807, 2.05) is 0 Å². The van der Waals surface area contributed by atoms with E-state index >= 15 is 0 Å². The molecule has 0 fully saturated rings. The van der Waals surface area contributed by atoms with E-state index in [4.69, 9.17) is 11.6 Å². The van der Waals surface area contributed by atoms with Gasteiger partial charge < -0.3 is 0 Å². The zero-order chi connectivity index (χ0) is 23.2. The zero-order valence-corrected chi connectivity index (χ0v) is 22.3. The fourth-order valence-electron chi connectivity index (χ4n) is 4.45. The molecule has 0 aliphatic carbocycles. The molecule has 0 saturated carbocycles. The predicted molar refractivity (Wildman–Crippen MR) is 139 cm³/mol. The summed E-state index contributed by atoms with van der Waals surface area (Å²) in [4.78, 5) is 0. The minimum atomic E-state index is 0.163. The summed E-state index contributed by atoms with van der Waals surface area (Å²) in [6, 6.07) is 4.39. The first-order valence-corrected chi connectivity index (χ1v) is 12.2. The van der Waals surface area contributed by atoms with Crippen LogP contribution >= 0.6 is 11.6 Å². The number of halogens is 1. The van der Waals surface area contributed by atoms with Gasteiger partial charge in [0.1, 0.15) is 0 Å². The Morgan fingerprint density at radius 3 is 2.13 bits per heavy atom. The first-order valence-electron chi connectivity index (χ1n) is 11.8. The van der Waals surface area contributed by atoms with Crippen molar-refractivity contribution in [2.75, 3.05) is 0 Å². The van der Waals surface area contributed by atoms with E-state index < -0.39 is 0 Å². The van der Waals surface area contributed by atoms with Crippen molar-refractivity contribution in [1.82, 2.24) is 0 Å². The highest BCUT2D eigenvalue weighted by atomic mass is 35.5. The molecule has 0 amide bonds. The third-order valence-electron chi connectivity index (χ3n) is 6.48. The first kappa shape index (κ1) is 26.8. The molecule has 0 aliphatic heterocycles. The Morgan fingerprint density at radius 2 is 1.70 bits per heavy atom. The molecule has 1 aromatic carbocycles. The minimum absolute atomic E-state index is 0.163. The van der Waals surface area contributed by atoms with Crippen LogP contribution in [0.5, 0.6) is 0 Å². The number of hydrogen-bond donors (Lipinski definition) is 0. The Hall–Kier alpha value is -1.27. The summed E-state index contributed by atoms with van der Waals surface area (Å²) in [7, 11) is 0. The zero-order valence-electron chi connectivity index (χ0n) is 21.5. The van der Waals surface area contributed by atoms with Gasteiger partial charge in [0.15, 0.2) is 0 Å². The van der Waals surface area contributed by atoms with Crippen LogP contribution in [-0.2, 0) is 0 Å². The van der Waals surface area contributed by atoms with E-state index in [-0.39, 0.29) is 5.41 Å². The Balaban J connectivity index is 4.01. The Bertz CT molecular complexity index is 823. The maximum atomic E-state index is 6.88. The number of hydrogen-bond acceptors (Lipinski definition) is 0. The molecular formula is C29H45Cl. The Kier molecular flexibility index (Phi) is 10.2. The van der Waals surface area contributed by atoms with Crippen LogP contribution in [0.2, 0.25) is 5.02 Å². The van der Waals surface area contributed by atoms with Crippen LogP contribution in [0.4, 0.5) is 0 Å². The molecule has 0 atom stereocenters. The summed E-state index contributed by atoms with van der Waals surface area (Å²) < 4.78 is 0. The summed E-state index contributed by atoms with van der Waals surface area (Å²) in [5, 5.41) is 0.857. The van der Waals surface area contributed by atoms with Crippen molar-refractivity contribution < 1.29 is 0 Å². The largest absolute Gasteiger partial charge is 0.0841 e. The normalized spacial score (nSPS) is 14.8. The van der Waals surface area contributed by atoms with Crippen LogP contribution in [0.1, 0.15) is 112 Å². The highest BCUT2D eigenvalue weighted by molar-refractivity contribution is 6.33. The fraction of sp³-hybridized carbons (Fsp3) is 0.586. The van der Waals surface area contributed by atoms with Crippen molar-refractivity contribution in [3.05, 3.63) is 56.6 Å². The van der Waals surface area contributed by atoms with Crippen LogP contribution in [0, 0.1) is 18.3 Å². The lowest BCUT2D eigenvalue weighted by Gasteiger charge is -2.29. The van der Waals surface area contributed by atoms with Crippen LogP contribution in [-0.4, -0.2) is 0 Å². The molecule has 0 spiro atoms. The molecule has 0 heterocycles. The second-order valence-corrected chi connectivity index (χ2v) is 10.4. The Labute approximate surface area is 192 Å². The third-order valence-corrected chi connectivity index (χ3v) is 6.80. The molecule has 168 valence electrons. The van der Waals surface area contributed by atoms with Gasteiger partial charge in [-0.3, -0.25) is 0 Å². The summed E-state index contributed by atoms with van der Waals surface area (Å²) >= 11 is 6.88. The van der Waals surface area contributed by atoms with E-state index in [1.54, 1.807) is 5.57 Å². The van der Waals surface area contributed by atoms with Crippen LogP contribution < -0.4 is 0 Å². The van der Waals surface area contributed by atoms with Gasteiger partial charge in [-0.1, -0.05) is 89.8 Å². The number of benzene rings is 1. The molecule has 0 saturated heterocycles. The summed E-state index contributed by atoms with van der Waals surface area (Å²) in [6.45, 7) is 25.0. The van der Waals surface area contributed by atoms with Gasteiger partial charge in [-0.05, 0) is 92.2 Å². The lowest BCUT2D eigenvalue weighted by Crippen LogP contribution is -2.12. The average molecular weight is 429 g/mol. The van der Waals surface area contributed by atoms with E-state index in [1.165, 1.54) is 51.8 Å². The number of allylic oxidation sites excluding steroid dienone is 6. The fourth-order valence-corrected chi connectivity index (χ4v) is 4.75. The monoisotopic (exact) mass is 428 g/mol.